The fourth-order valence-corrected chi connectivity index (χ4v) is 3.87. The second kappa shape index (κ2) is 14.5. The van der Waals surface area contributed by atoms with Crippen LogP contribution in [-0.4, -0.2) is 52.4 Å². The average molecular weight is 505 g/mol. The molecule has 0 fully saturated rings. The van der Waals surface area contributed by atoms with Crippen LogP contribution in [-0.2, 0) is 19.1 Å². The molecular formula is C27H44N4O5. The van der Waals surface area contributed by atoms with Crippen molar-refractivity contribution >= 4 is 23.8 Å². The van der Waals surface area contributed by atoms with E-state index in [-0.39, 0.29) is 30.8 Å². The van der Waals surface area contributed by atoms with E-state index in [1.165, 1.54) is 4.90 Å². The summed E-state index contributed by atoms with van der Waals surface area (Å²) < 4.78 is 5.35. The Kier molecular flexibility index (Phi) is 12.4. The van der Waals surface area contributed by atoms with E-state index in [1.54, 1.807) is 32.9 Å². The highest BCUT2D eigenvalue weighted by Crippen LogP contribution is 2.27. The molecule has 0 heterocycles. The van der Waals surface area contributed by atoms with Crippen molar-refractivity contribution in [1.29, 1.82) is 0 Å². The predicted molar refractivity (Wildman–Crippen MR) is 140 cm³/mol. The summed E-state index contributed by atoms with van der Waals surface area (Å²) >= 11 is 0. The molecule has 9 nitrogen and oxygen atoms in total. The summed E-state index contributed by atoms with van der Waals surface area (Å²) in [5.41, 5.74) is 5.22. The molecule has 1 aromatic carbocycles. The van der Waals surface area contributed by atoms with Gasteiger partial charge in [0.25, 0.3) is 0 Å². The summed E-state index contributed by atoms with van der Waals surface area (Å²) in [6, 6.07) is 6.63. The number of benzene rings is 1. The predicted octanol–water partition coefficient (Wildman–Crippen LogP) is 3.82. The zero-order valence-corrected chi connectivity index (χ0v) is 22.8. The maximum Gasteiger partial charge on any atom is 0.408 e. The first-order valence-electron chi connectivity index (χ1n) is 12.8. The first kappa shape index (κ1) is 30.9. The highest BCUT2D eigenvalue weighted by molar-refractivity contribution is 5.92. The third-order valence-electron chi connectivity index (χ3n) is 5.74. The molecule has 0 aromatic heterocycles. The van der Waals surface area contributed by atoms with Gasteiger partial charge in [-0.15, -0.1) is 0 Å². The molecule has 1 aromatic rings. The first-order valence-corrected chi connectivity index (χ1v) is 12.8. The van der Waals surface area contributed by atoms with Crippen LogP contribution in [0.3, 0.4) is 0 Å². The average Bonchev–Trinajstić information content (AvgIpc) is 2.78. The van der Waals surface area contributed by atoms with E-state index in [0.717, 1.165) is 12.8 Å². The molecule has 4 amide bonds. The molecular weight excluding hydrogens is 460 g/mol. The van der Waals surface area contributed by atoms with Crippen molar-refractivity contribution in [3.8, 4) is 0 Å². The number of amides is 4. The van der Waals surface area contributed by atoms with E-state index in [0.29, 0.717) is 12.0 Å². The molecule has 202 valence electrons. The number of rotatable bonds is 13. The van der Waals surface area contributed by atoms with E-state index < -0.39 is 35.6 Å². The van der Waals surface area contributed by atoms with Gasteiger partial charge in [-0.25, -0.2) is 4.79 Å². The van der Waals surface area contributed by atoms with Crippen LogP contribution in [0, 0.1) is 0 Å². The van der Waals surface area contributed by atoms with Crippen LogP contribution < -0.4 is 16.4 Å². The summed E-state index contributed by atoms with van der Waals surface area (Å²) in [5, 5.41) is 5.64. The molecule has 4 atom stereocenters. The second-order valence-corrected chi connectivity index (χ2v) is 10.2. The van der Waals surface area contributed by atoms with Crippen LogP contribution in [0.4, 0.5) is 4.79 Å². The number of ether oxygens (including phenoxy) is 1. The van der Waals surface area contributed by atoms with E-state index in [1.807, 2.05) is 45.9 Å². The Morgan fingerprint density at radius 2 is 1.61 bits per heavy atom. The van der Waals surface area contributed by atoms with Crippen LogP contribution in [0.5, 0.6) is 0 Å². The summed E-state index contributed by atoms with van der Waals surface area (Å²) in [6.07, 6.45) is 1.35. The van der Waals surface area contributed by atoms with E-state index in [2.05, 4.69) is 10.6 Å². The third-order valence-corrected chi connectivity index (χ3v) is 5.74. The van der Waals surface area contributed by atoms with Gasteiger partial charge in [-0.05, 0) is 59.4 Å². The van der Waals surface area contributed by atoms with Crippen LogP contribution in [0.25, 0.3) is 0 Å². The van der Waals surface area contributed by atoms with Gasteiger partial charge in [0, 0.05) is 18.5 Å². The van der Waals surface area contributed by atoms with Gasteiger partial charge < -0.3 is 26.0 Å². The number of primary amides is 1. The van der Waals surface area contributed by atoms with E-state index >= 15 is 0 Å². The smallest absolute Gasteiger partial charge is 0.408 e. The van der Waals surface area contributed by atoms with Crippen LogP contribution in [0.2, 0.25) is 0 Å². The summed E-state index contributed by atoms with van der Waals surface area (Å²) in [7, 11) is 0. The van der Waals surface area contributed by atoms with Crippen LogP contribution >= 0.6 is 0 Å². The third kappa shape index (κ3) is 10.3. The van der Waals surface area contributed by atoms with Crippen molar-refractivity contribution in [1.82, 2.24) is 15.5 Å². The Balaban J connectivity index is 3.47. The highest BCUT2D eigenvalue weighted by Gasteiger charge is 2.38. The number of nitrogens with one attached hydrogen (secondary N) is 2. The summed E-state index contributed by atoms with van der Waals surface area (Å²) in [6.45, 7) is 12.9. The fourth-order valence-electron chi connectivity index (χ4n) is 3.87. The fraction of sp³-hybridized carbons (Fsp3) is 0.630. The molecule has 0 aliphatic heterocycles. The van der Waals surface area contributed by atoms with Gasteiger partial charge in [0.05, 0.1) is 0 Å². The topological polar surface area (TPSA) is 131 Å². The maximum atomic E-state index is 14.0. The lowest BCUT2D eigenvalue weighted by Crippen LogP contribution is -2.56. The SMILES string of the molecule is CCCC(C)NC(=O)C(c1ccccc1)N(C(=O)C(CCC(N)=O)NC(=O)OC(C)(C)C)C(C)CC. The standard InChI is InChI=1S/C27H44N4O5/c1-8-13-18(3)29-24(33)23(20-14-11-10-12-15-20)31(19(4)9-2)25(34)21(16-17-22(28)32)30-26(35)36-27(5,6)7/h10-12,14-15,18-19,21,23H,8-9,13,16-17H2,1-7H3,(H2,28,32)(H,29,33)(H,30,35). The molecule has 4 N–H and O–H groups in total. The van der Waals surface area contributed by atoms with Crippen molar-refractivity contribution in [3.63, 3.8) is 0 Å². The van der Waals surface area contributed by atoms with Gasteiger partial charge in [-0.3, -0.25) is 14.4 Å². The maximum absolute atomic E-state index is 14.0. The number of carbonyl (C=O) groups excluding carboxylic acids is 4. The summed E-state index contributed by atoms with van der Waals surface area (Å²) in [5.74, 6) is -1.38. The normalized spacial score (nSPS) is 14.6. The molecule has 1 rings (SSSR count). The number of alkyl carbamates (subject to hydrolysis) is 1. The molecule has 0 radical (unpaired) electrons. The van der Waals surface area contributed by atoms with Crippen molar-refractivity contribution < 1.29 is 23.9 Å². The zero-order chi connectivity index (χ0) is 27.5. The lowest BCUT2D eigenvalue weighted by atomic mass is 9.98. The minimum absolute atomic E-state index is 0.0181. The first-order chi connectivity index (χ1) is 16.8. The molecule has 0 saturated heterocycles. The van der Waals surface area contributed by atoms with Gasteiger partial charge in [0.1, 0.15) is 17.7 Å². The van der Waals surface area contributed by atoms with Crippen molar-refractivity contribution in [3.05, 3.63) is 35.9 Å². The Morgan fingerprint density at radius 1 is 1.00 bits per heavy atom. The Bertz CT molecular complexity index is 869. The number of nitrogens with two attached hydrogens (primary N) is 1. The van der Waals surface area contributed by atoms with Crippen LogP contribution in [0.15, 0.2) is 30.3 Å². The molecule has 0 spiro atoms. The lowest BCUT2D eigenvalue weighted by molar-refractivity contribution is -0.145. The second-order valence-electron chi connectivity index (χ2n) is 10.2. The molecule has 36 heavy (non-hydrogen) atoms. The number of hydrogen-bond donors (Lipinski definition) is 3. The van der Waals surface area contributed by atoms with E-state index in [9.17, 15) is 19.2 Å². The minimum atomic E-state index is -1.10. The number of carbonyl (C=O) groups is 4. The Hall–Kier alpha value is -3.10. The van der Waals surface area contributed by atoms with Crippen molar-refractivity contribution in [2.24, 2.45) is 5.73 Å². The zero-order valence-electron chi connectivity index (χ0n) is 22.8. The molecule has 0 bridgehead atoms. The van der Waals surface area contributed by atoms with Crippen molar-refractivity contribution in [2.45, 2.75) is 110 Å². The Morgan fingerprint density at radius 3 is 2.11 bits per heavy atom. The van der Waals surface area contributed by atoms with Gasteiger partial charge in [0.15, 0.2) is 0 Å². The molecule has 0 saturated carbocycles. The molecule has 4 unspecified atom stereocenters. The van der Waals surface area contributed by atoms with Crippen LogP contribution in [0.1, 0.15) is 92.2 Å². The monoisotopic (exact) mass is 504 g/mol. The molecule has 0 aliphatic carbocycles. The van der Waals surface area contributed by atoms with Gasteiger partial charge in [-0.2, -0.15) is 0 Å². The number of nitrogens with zero attached hydrogens (tertiary/aromatic N) is 1. The van der Waals surface area contributed by atoms with Gasteiger partial charge in [-0.1, -0.05) is 50.6 Å². The van der Waals surface area contributed by atoms with Gasteiger partial charge in [0.2, 0.25) is 17.7 Å². The van der Waals surface area contributed by atoms with Crippen molar-refractivity contribution in [2.75, 3.05) is 0 Å². The lowest BCUT2D eigenvalue weighted by Gasteiger charge is -2.38. The minimum Gasteiger partial charge on any atom is -0.444 e. The molecule has 9 heteroatoms. The number of hydrogen-bond acceptors (Lipinski definition) is 5. The highest BCUT2D eigenvalue weighted by atomic mass is 16.6. The quantitative estimate of drug-likeness (QED) is 0.376. The molecule has 0 aliphatic rings. The largest absolute Gasteiger partial charge is 0.444 e. The van der Waals surface area contributed by atoms with Gasteiger partial charge >= 0.3 is 6.09 Å². The summed E-state index contributed by atoms with van der Waals surface area (Å²) in [4.78, 5) is 53.2. The Labute approximate surface area is 215 Å². The van der Waals surface area contributed by atoms with E-state index in [4.69, 9.17) is 10.5 Å².